The molecule has 0 aliphatic heterocycles. The molecule has 2 rings (SSSR count). The van der Waals surface area contributed by atoms with Crippen molar-refractivity contribution in [1.29, 1.82) is 0 Å². The molecule has 0 aliphatic carbocycles. The number of pyridine rings is 1. The van der Waals surface area contributed by atoms with E-state index in [4.69, 9.17) is 5.73 Å². The minimum absolute atomic E-state index is 0.505. The van der Waals surface area contributed by atoms with Gasteiger partial charge in [0.25, 0.3) is 0 Å². The fraction of sp³-hybridized carbons (Fsp3) is 0.250. The number of rotatable bonds is 2. The Hall–Kier alpha value is -1.97. The quantitative estimate of drug-likeness (QED) is 0.830. The Morgan fingerprint density at radius 1 is 1.31 bits per heavy atom. The van der Waals surface area contributed by atoms with Gasteiger partial charge >= 0.3 is 0 Å². The van der Waals surface area contributed by atoms with E-state index in [1.54, 1.807) is 18.5 Å². The molecule has 82 valence electrons. The molecule has 4 heteroatoms. The number of hydrogen-bond donors (Lipinski definition) is 1. The number of hydrogen-bond acceptors (Lipinski definition) is 4. The normalized spacial score (nSPS) is 10.4. The van der Waals surface area contributed by atoms with Crippen molar-refractivity contribution < 1.29 is 0 Å². The van der Waals surface area contributed by atoms with Crippen LogP contribution in [0.4, 0.5) is 5.82 Å². The first-order valence-corrected chi connectivity index (χ1v) is 5.25. The van der Waals surface area contributed by atoms with Crippen LogP contribution in [-0.4, -0.2) is 15.0 Å². The Kier molecular flexibility index (Phi) is 2.81. The first kappa shape index (κ1) is 10.5. The summed E-state index contributed by atoms with van der Waals surface area (Å²) in [5, 5.41) is 0. The molecule has 0 fully saturated rings. The van der Waals surface area contributed by atoms with Crippen molar-refractivity contribution in [3.05, 3.63) is 35.8 Å². The second-order valence-corrected chi connectivity index (χ2v) is 3.65. The van der Waals surface area contributed by atoms with Gasteiger partial charge in [-0.05, 0) is 25.0 Å². The number of aryl methyl sites for hydroxylation is 2. The Morgan fingerprint density at radius 3 is 2.81 bits per heavy atom. The van der Waals surface area contributed by atoms with Gasteiger partial charge in [0.1, 0.15) is 5.82 Å². The molecule has 0 aromatic carbocycles. The molecule has 0 saturated heterocycles. The maximum absolute atomic E-state index is 5.75. The van der Waals surface area contributed by atoms with E-state index in [1.165, 1.54) is 0 Å². The first-order chi connectivity index (χ1) is 7.70. The predicted octanol–water partition coefficient (Wildman–Crippen LogP) is 1.99. The van der Waals surface area contributed by atoms with Crippen LogP contribution in [0, 0.1) is 6.92 Å². The molecular weight excluding hydrogens is 200 g/mol. The smallest absolute Gasteiger partial charge is 0.163 e. The number of aromatic nitrogens is 3. The third-order valence-corrected chi connectivity index (χ3v) is 2.44. The van der Waals surface area contributed by atoms with Crippen LogP contribution in [0.1, 0.15) is 18.2 Å². The zero-order chi connectivity index (χ0) is 11.5. The monoisotopic (exact) mass is 214 g/mol. The van der Waals surface area contributed by atoms with E-state index >= 15 is 0 Å². The highest BCUT2D eigenvalue weighted by Crippen LogP contribution is 2.19. The molecule has 0 radical (unpaired) electrons. The summed E-state index contributed by atoms with van der Waals surface area (Å²) in [6, 6.07) is 3.74. The van der Waals surface area contributed by atoms with Gasteiger partial charge < -0.3 is 5.73 Å². The second kappa shape index (κ2) is 4.26. The van der Waals surface area contributed by atoms with Crippen LogP contribution >= 0.6 is 0 Å². The highest BCUT2D eigenvalue weighted by molar-refractivity contribution is 5.59. The fourth-order valence-corrected chi connectivity index (χ4v) is 1.52. The van der Waals surface area contributed by atoms with Gasteiger partial charge in [0.15, 0.2) is 5.82 Å². The minimum Gasteiger partial charge on any atom is -0.384 e. The molecule has 2 N–H and O–H groups in total. The number of nitrogens with two attached hydrogens (primary N) is 1. The van der Waals surface area contributed by atoms with E-state index in [1.807, 2.05) is 19.9 Å². The van der Waals surface area contributed by atoms with Crippen molar-refractivity contribution in [3.8, 4) is 11.4 Å². The van der Waals surface area contributed by atoms with E-state index in [0.717, 1.165) is 23.2 Å². The summed E-state index contributed by atoms with van der Waals surface area (Å²) in [7, 11) is 0. The van der Waals surface area contributed by atoms with Crippen LogP contribution in [0.5, 0.6) is 0 Å². The SMILES string of the molecule is CCc1cc(N)nc(-c2cnccc2C)n1. The van der Waals surface area contributed by atoms with Crippen LogP contribution in [-0.2, 0) is 6.42 Å². The third-order valence-electron chi connectivity index (χ3n) is 2.44. The molecule has 0 spiro atoms. The van der Waals surface area contributed by atoms with E-state index in [-0.39, 0.29) is 0 Å². The zero-order valence-corrected chi connectivity index (χ0v) is 9.44. The van der Waals surface area contributed by atoms with Crippen LogP contribution in [0.15, 0.2) is 24.5 Å². The lowest BCUT2D eigenvalue weighted by Crippen LogP contribution is -2.00. The van der Waals surface area contributed by atoms with E-state index in [9.17, 15) is 0 Å². The molecule has 16 heavy (non-hydrogen) atoms. The van der Waals surface area contributed by atoms with E-state index in [2.05, 4.69) is 15.0 Å². The van der Waals surface area contributed by atoms with Crippen LogP contribution in [0.25, 0.3) is 11.4 Å². The second-order valence-electron chi connectivity index (χ2n) is 3.65. The Morgan fingerprint density at radius 2 is 2.12 bits per heavy atom. The van der Waals surface area contributed by atoms with Gasteiger partial charge in [0, 0.05) is 29.7 Å². The number of nitrogens with zero attached hydrogens (tertiary/aromatic N) is 3. The summed E-state index contributed by atoms with van der Waals surface area (Å²) in [4.78, 5) is 12.8. The molecule has 0 unspecified atom stereocenters. The lowest BCUT2D eigenvalue weighted by atomic mass is 10.1. The molecule has 0 bridgehead atoms. The number of anilines is 1. The van der Waals surface area contributed by atoms with Crippen molar-refractivity contribution in [1.82, 2.24) is 15.0 Å². The summed E-state index contributed by atoms with van der Waals surface area (Å²) < 4.78 is 0. The topological polar surface area (TPSA) is 64.7 Å². The highest BCUT2D eigenvalue weighted by atomic mass is 14.9. The maximum atomic E-state index is 5.75. The summed E-state index contributed by atoms with van der Waals surface area (Å²) in [6.45, 7) is 4.05. The third kappa shape index (κ3) is 2.00. The first-order valence-electron chi connectivity index (χ1n) is 5.25. The van der Waals surface area contributed by atoms with Gasteiger partial charge in [-0.25, -0.2) is 9.97 Å². The van der Waals surface area contributed by atoms with Crippen molar-refractivity contribution in [3.63, 3.8) is 0 Å². The van der Waals surface area contributed by atoms with Crippen LogP contribution in [0.3, 0.4) is 0 Å². The Balaban J connectivity index is 2.56. The van der Waals surface area contributed by atoms with Crippen molar-refractivity contribution in [2.45, 2.75) is 20.3 Å². The van der Waals surface area contributed by atoms with Gasteiger partial charge in [-0.3, -0.25) is 4.98 Å². The average molecular weight is 214 g/mol. The lowest BCUT2D eigenvalue weighted by Gasteiger charge is -2.06. The molecule has 0 amide bonds. The summed E-state index contributed by atoms with van der Waals surface area (Å²) in [5.41, 5.74) is 8.74. The van der Waals surface area contributed by atoms with Crippen molar-refractivity contribution >= 4 is 5.82 Å². The van der Waals surface area contributed by atoms with Crippen LogP contribution < -0.4 is 5.73 Å². The maximum Gasteiger partial charge on any atom is 0.163 e. The fourth-order valence-electron chi connectivity index (χ4n) is 1.52. The largest absolute Gasteiger partial charge is 0.384 e. The molecule has 0 aliphatic rings. The molecule has 2 aromatic rings. The van der Waals surface area contributed by atoms with Gasteiger partial charge in [-0.1, -0.05) is 6.92 Å². The van der Waals surface area contributed by atoms with Gasteiger partial charge in [-0.15, -0.1) is 0 Å². The molecular formula is C12H14N4. The van der Waals surface area contributed by atoms with Crippen LogP contribution in [0.2, 0.25) is 0 Å². The van der Waals surface area contributed by atoms with Gasteiger partial charge in [-0.2, -0.15) is 0 Å². The zero-order valence-electron chi connectivity index (χ0n) is 9.44. The van der Waals surface area contributed by atoms with Crippen molar-refractivity contribution in [2.75, 3.05) is 5.73 Å². The Bertz CT molecular complexity index is 508. The van der Waals surface area contributed by atoms with E-state index < -0.39 is 0 Å². The standard InChI is InChI=1S/C12H14N4/c1-3-9-6-11(13)16-12(15-9)10-7-14-5-4-8(10)2/h4-7H,3H2,1-2H3,(H2,13,15,16). The molecule has 4 nitrogen and oxygen atoms in total. The van der Waals surface area contributed by atoms with E-state index in [0.29, 0.717) is 11.6 Å². The summed E-state index contributed by atoms with van der Waals surface area (Å²) >= 11 is 0. The summed E-state index contributed by atoms with van der Waals surface area (Å²) in [5.74, 6) is 1.16. The molecule has 0 atom stereocenters. The summed E-state index contributed by atoms with van der Waals surface area (Å²) in [6.07, 6.45) is 4.37. The minimum atomic E-state index is 0.505. The Labute approximate surface area is 94.6 Å². The highest BCUT2D eigenvalue weighted by Gasteiger charge is 2.07. The van der Waals surface area contributed by atoms with Crippen molar-refractivity contribution in [2.24, 2.45) is 0 Å². The predicted molar refractivity (Wildman–Crippen MR) is 63.8 cm³/mol. The molecule has 0 saturated carbocycles. The molecule has 2 aromatic heterocycles. The lowest BCUT2D eigenvalue weighted by molar-refractivity contribution is 1.01. The number of nitrogen functional groups attached to an aromatic ring is 1. The van der Waals surface area contributed by atoms with Gasteiger partial charge in [0.05, 0.1) is 0 Å². The van der Waals surface area contributed by atoms with Gasteiger partial charge in [0.2, 0.25) is 0 Å². The average Bonchev–Trinajstić information content (AvgIpc) is 2.28. The molecule has 2 heterocycles.